The van der Waals surface area contributed by atoms with Crippen LogP contribution in [0.25, 0.3) is 16.6 Å². The van der Waals surface area contributed by atoms with Crippen molar-refractivity contribution in [3.05, 3.63) is 53.6 Å². The molecule has 0 amide bonds. The molecule has 1 aromatic carbocycles. The lowest BCUT2D eigenvalue weighted by Gasteiger charge is -2.16. The van der Waals surface area contributed by atoms with E-state index in [-0.39, 0.29) is 12.2 Å². The summed E-state index contributed by atoms with van der Waals surface area (Å²) in [5.74, 6) is 0.601. The summed E-state index contributed by atoms with van der Waals surface area (Å²) in [6, 6.07) is 3.91. The molecule has 0 unspecified atom stereocenters. The maximum atomic E-state index is 12.5. The first kappa shape index (κ1) is 17.4. The smallest absolute Gasteiger partial charge is 0.172 e. The quantitative estimate of drug-likeness (QED) is 0.648. The number of aryl methyl sites for hydroxylation is 1. The minimum absolute atomic E-state index is 0.0426. The number of methoxy groups -OCH3 is 1. The van der Waals surface area contributed by atoms with E-state index in [1.54, 1.807) is 37.4 Å². The molecular weight excluding hydrogens is 344 g/mol. The molecule has 7 nitrogen and oxygen atoms in total. The normalized spacial score (nSPS) is 14.2. The summed E-state index contributed by atoms with van der Waals surface area (Å²) < 4.78 is 12.5. The fourth-order valence-electron chi connectivity index (χ4n) is 3.22. The molecule has 0 saturated heterocycles. The number of hydrogen-bond donors (Lipinski definition) is 0. The van der Waals surface area contributed by atoms with Crippen molar-refractivity contribution in [3.63, 3.8) is 0 Å². The Hall–Kier alpha value is -3.06. The zero-order chi connectivity index (χ0) is 18.8. The number of ketones is 1. The summed E-state index contributed by atoms with van der Waals surface area (Å²) in [6.07, 6.45) is 8.01. The number of Topliss-reactive ketones (excluding diaryl/α,β-unsaturated/α-hetero) is 1. The molecule has 0 atom stereocenters. The predicted octanol–water partition coefficient (Wildman–Crippen LogP) is 2.60. The van der Waals surface area contributed by atoms with E-state index in [1.165, 1.54) is 5.57 Å². The predicted molar refractivity (Wildman–Crippen MR) is 101 cm³/mol. The molecule has 0 fully saturated rings. The minimum atomic E-state index is -0.0426. The van der Waals surface area contributed by atoms with Crippen molar-refractivity contribution in [1.29, 1.82) is 0 Å². The van der Waals surface area contributed by atoms with Crippen molar-refractivity contribution in [1.82, 2.24) is 19.7 Å². The zero-order valence-electron chi connectivity index (χ0n) is 15.3. The summed E-state index contributed by atoms with van der Waals surface area (Å²) in [7, 11) is 3.39. The summed E-state index contributed by atoms with van der Waals surface area (Å²) in [5, 5.41) is 4.04. The van der Waals surface area contributed by atoms with E-state index in [2.05, 4.69) is 21.1 Å². The molecule has 0 bridgehead atoms. The van der Waals surface area contributed by atoms with Crippen LogP contribution in [-0.2, 0) is 18.2 Å². The van der Waals surface area contributed by atoms with Gasteiger partial charge in [0.15, 0.2) is 5.78 Å². The van der Waals surface area contributed by atoms with Crippen LogP contribution in [0.5, 0.6) is 5.75 Å². The van der Waals surface area contributed by atoms with Crippen LogP contribution in [0.2, 0.25) is 0 Å². The summed E-state index contributed by atoms with van der Waals surface area (Å²) in [5.41, 5.74) is 4.84. The number of aromatic nitrogens is 4. The van der Waals surface area contributed by atoms with E-state index in [4.69, 9.17) is 9.47 Å². The van der Waals surface area contributed by atoms with Gasteiger partial charge in [-0.2, -0.15) is 5.10 Å². The van der Waals surface area contributed by atoms with Crippen molar-refractivity contribution in [2.24, 2.45) is 7.05 Å². The molecule has 0 aliphatic carbocycles. The molecule has 3 aromatic rings. The van der Waals surface area contributed by atoms with Crippen LogP contribution in [0.4, 0.5) is 0 Å². The fraction of sp³-hybridized carbons (Fsp3) is 0.300. The van der Waals surface area contributed by atoms with E-state index in [1.807, 2.05) is 12.1 Å². The molecule has 0 N–H and O–H groups in total. The van der Waals surface area contributed by atoms with Crippen LogP contribution >= 0.6 is 0 Å². The van der Waals surface area contributed by atoms with E-state index in [0.717, 1.165) is 17.5 Å². The fourth-order valence-corrected chi connectivity index (χ4v) is 3.22. The van der Waals surface area contributed by atoms with Crippen LogP contribution in [0.1, 0.15) is 28.0 Å². The Labute approximate surface area is 156 Å². The molecule has 0 saturated carbocycles. The lowest BCUT2D eigenvalue weighted by molar-refractivity contribution is 0.0992. The van der Waals surface area contributed by atoms with Gasteiger partial charge < -0.3 is 9.47 Å². The number of fused-ring (bicyclic) bond motifs is 1. The number of benzene rings is 1. The molecule has 27 heavy (non-hydrogen) atoms. The molecule has 0 radical (unpaired) electrons. The zero-order valence-corrected chi connectivity index (χ0v) is 15.3. The molecule has 3 heterocycles. The number of nitrogens with zero attached hydrogens (tertiary/aromatic N) is 4. The van der Waals surface area contributed by atoms with Gasteiger partial charge in [0.25, 0.3) is 0 Å². The first-order chi connectivity index (χ1) is 13.2. The van der Waals surface area contributed by atoms with Crippen molar-refractivity contribution in [3.8, 4) is 5.75 Å². The van der Waals surface area contributed by atoms with E-state index >= 15 is 0 Å². The molecule has 7 heteroatoms. The number of carbonyl (C=O) groups is 1. The van der Waals surface area contributed by atoms with E-state index in [9.17, 15) is 4.79 Å². The Kier molecular flexibility index (Phi) is 4.68. The van der Waals surface area contributed by atoms with Gasteiger partial charge in [0.1, 0.15) is 11.3 Å². The average molecular weight is 364 g/mol. The van der Waals surface area contributed by atoms with E-state index < -0.39 is 0 Å². The van der Waals surface area contributed by atoms with Gasteiger partial charge in [-0.25, -0.2) is 4.98 Å². The van der Waals surface area contributed by atoms with Crippen LogP contribution < -0.4 is 4.74 Å². The highest BCUT2D eigenvalue weighted by atomic mass is 16.5. The minimum Gasteiger partial charge on any atom is -0.494 e. The third-order valence-electron chi connectivity index (χ3n) is 4.61. The highest BCUT2D eigenvalue weighted by Crippen LogP contribution is 2.32. The Morgan fingerprint density at radius 2 is 2.19 bits per heavy atom. The average Bonchev–Trinajstić information content (AvgIpc) is 3.14. The first-order valence-corrected chi connectivity index (χ1v) is 8.77. The monoisotopic (exact) mass is 364 g/mol. The lowest BCUT2D eigenvalue weighted by atomic mass is 9.99. The maximum absolute atomic E-state index is 12.5. The van der Waals surface area contributed by atoms with Gasteiger partial charge in [0.05, 0.1) is 49.7 Å². The molecule has 2 aromatic heterocycles. The molecule has 1 aliphatic heterocycles. The Morgan fingerprint density at radius 1 is 1.30 bits per heavy atom. The molecular formula is C20H20N4O3. The number of ether oxygens (including phenoxy) is 2. The SMILES string of the molecule is COc1ccc(C2=CCOCC2)c2ncc(CC(=O)c3cnn(C)c3)nc12. The third kappa shape index (κ3) is 3.46. The Balaban J connectivity index is 1.72. The van der Waals surface area contributed by atoms with Crippen molar-refractivity contribution in [2.75, 3.05) is 20.3 Å². The van der Waals surface area contributed by atoms with Gasteiger partial charge in [-0.1, -0.05) is 6.08 Å². The van der Waals surface area contributed by atoms with Crippen LogP contribution in [0, 0.1) is 0 Å². The molecule has 138 valence electrons. The van der Waals surface area contributed by atoms with E-state index in [0.29, 0.717) is 35.7 Å². The van der Waals surface area contributed by atoms with Gasteiger partial charge in [0.2, 0.25) is 0 Å². The van der Waals surface area contributed by atoms with Crippen LogP contribution in [0.15, 0.2) is 36.8 Å². The first-order valence-electron chi connectivity index (χ1n) is 8.77. The Morgan fingerprint density at radius 3 is 2.89 bits per heavy atom. The van der Waals surface area contributed by atoms with Crippen molar-refractivity contribution in [2.45, 2.75) is 12.8 Å². The van der Waals surface area contributed by atoms with Crippen LogP contribution in [-0.4, -0.2) is 45.9 Å². The van der Waals surface area contributed by atoms with Gasteiger partial charge >= 0.3 is 0 Å². The van der Waals surface area contributed by atoms with Gasteiger partial charge in [0, 0.05) is 25.0 Å². The van der Waals surface area contributed by atoms with Crippen molar-refractivity contribution < 1.29 is 14.3 Å². The highest BCUT2D eigenvalue weighted by molar-refractivity contribution is 5.97. The summed E-state index contributed by atoms with van der Waals surface area (Å²) in [6.45, 7) is 1.30. The number of hydrogen-bond acceptors (Lipinski definition) is 6. The number of carbonyl (C=O) groups excluding carboxylic acids is 1. The van der Waals surface area contributed by atoms with Gasteiger partial charge in [-0.15, -0.1) is 0 Å². The topological polar surface area (TPSA) is 79.1 Å². The van der Waals surface area contributed by atoms with Crippen LogP contribution in [0.3, 0.4) is 0 Å². The second-order valence-corrected chi connectivity index (χ2v) is 6.43. The van der Waals surface area contributed by atoms with Crippen molar-refractivity contribution >= 4 is 22.4 Å². The third-order valence-corrected chi connectivity index (χ3v) is 4.61. The summed E-state index contributed by atoms with van der Waals surface area (Å²) in [4.78, 5) is 21.8. The molecule has 4 rings (SSSR count). The Bertz CT molecular complexity index is 1040. The van der Waals surface area contributed by atoms with Gasteiger partial charge in [-0.3, -0.25) is 14.5 Å². The second-order valence-electron chi connectivity index (χ2n) is 6.43. The largest absolute Gasteiger partial charge is 0.494 e. The maximum Gasteiger partial charge on any atom is 0.172 e. The highest BCUT2D eigenvalue weighted by Gasteiger charge is 2.17. The lowest BCUT2D eigenvalue weighted by Crippen LogP contribution is -2.07. The standard InChI is InChI=1S/C20H20N4O3/c1-24-12-14(10-22-24)17(25)9-15-11-21-19-16(13-5-7-27-8-6-13)3-4-18(26-2)20(19)23-15/h3-5,10-12H,6-9H2,1-2H3. The van der Waals surface area contributed by atoms with Gasteiger partial charge in [-0.05, 0) is 24.1 Å². The summed E-state index contributed by atoms with van der Waals surface area (Å²) >= 11 is 0. The number of rotatable bonds is 5. The molecule has 0 spiro atoms. The second kappa shape index (κ2) is 7.28. The molecule has 1 aliphatic rings.